The molecule has 0 aliphatic rings. The second-order valence-electron chi connectivity index (χ2n) is 4.69. The SMILES string of the molecule is C=CCOc1ccncc1CNC(C)(C)C. The summed E-state index contributed by atoms with van der Waals surface area (Å²) in [5.74, 6) is 0.867. The predicted molar refractivity (Wildman–Crippen MR) is 66.5 cm³/mol. The second kappa shape index (κ2) is 5.66. The quantitative estimate of drug-likeness (QED) is 0.774. The highest BCUT2D eigenvalue weighted by molar-refractivity contribution is 5.30. The van der Waals surface area contributed by atoms with Gasteiger partial charge in [0.15, 0.2) is 0 Å². The lowest BCUT2D eigenvalue weighted by Crippen LogP contribution is -2.35. The van der Waals surface area contributed by atoms with E-state index in [1.807, 2.05) is 12.3 Å². The highest BCUT2D eigenvalue weighted by Gasteiger charge is 2.10. The molecule has 1 aromatic heterocycles. The molecule has 0 bridgehead atoms. The normalized spacial score (nSPS) is 11.2. The Kier molecular flexibility index (Phi) is 4.50. The molecule has 0 aliphatic heterocycles. The first kappa shape index (κ1) is 12.7. The topological polar surface area (TPSA) is 34.1 Å². The number of aromatic nitrogens is 1. The molecular weight excluding hydrogens is 200 g/mol. The van der Waals surface area contributed by atoms with Crippen LogP contribution in [-0.4, -0.2) is 17.1 Å². The zero-order valence-corrected chi connectivity index (χ0v) is 10.3. The van der Waals surface area contributed by atoms with E-state index in [4.69, 9.17) is 4.74 Å². The van der Waals surface area contributed by atoms with Crippen LogP contribution in [0.25, 0.3) is 0 Å². The van der Waals surface area contributed by atoms with Gasteiger partial charge in [0.1, 0.15) is 12.4 Å². The average molecular weight is 220 g/mol. The zero-order valence-electron chi connectivity index (χ0n) is 10.3. The van der Waals surface area contributed by atoms with Crippen molar-refractivity contribution in [3.8, 4) is 5.75 Å². The number of pyridine rings is 1. The van der Waals surface area contributed by atoms with Gasteiger partial charge in [-0.1, -0.05) is 12.7 Å². The van der Waals surface area contributed by atoms with Crippen molar-refractivity contribution in [1.82, 2.24) is 10.3 Å². The Morgan fingerprint density at radius 2 is 2.25 bits per heavy atom. The first-order valence-corrected chi connectivity index (χ1v) is 5.44. The van der Waals surface area contributed by atoms with Crippen LogP contribution >= 0.6 is 0 Å². The molecule has 1 heterocycles. The van der Waals surface area contributed by atoms with Gasteiger partial charge < -0.3 is 10.1 Å². The Hall–Kier alpha value is -1.35. The van der Waals surface area contributed by atoms with Gasteiger partial charge in [-0.25, -0.2) is 0 Å². The van der Waals surface area contributed by atoms with Crippen molar-refractivity contribution >= 4 is 0 Å². The van der Waals surface area contributed by atoms with Crippen LogP contribution in [0.2, 0.25) is 0 Å². The number of ether oxygens (including phenoxy) is 1. The van der Waals surface area contributed by atoms with Gasteiger partial charge in [-0.05, 0) is 26.8 Å². The van der Waals surface area contributed by atoms with E-state index in [9.17, 15) is 0 Å². The fraction of sp³-hybridized carbons (Fsp3) is 0.462. The van der Waals surface area contributed by atoms with E-state index in [0.717, 1.165) is 17.9 Å². The molecule has 88 valence electrons. The molecule has 3 heteroatoms. The minimum absolute atomic E-state index is 0.0888. The van der Waals surface area contributed by atoms with Crippen molar-refractivity contribution in [2.45, 2.75) is 32.9 Å². The number of nitrogens with zero attached hydrogens (tertiary/aromatic N) is 1. The molecule has 0 aromatic carbocycles. The average Bonchev–Trinajstić information content (AvgIpc) is 2.23. The molecule has 0 fully saturated rings. The molecular formula is C13H20N2O. The van der Waals surface area contributed by atoms with Gasteiger partial charge in [-0.15, -0.1) is 0 Å². The van der Waals surface area contributed by atoms with E-state index in [1.165, 1.54) is 0 Å². The number of hydrogen-bond acceptors (Lipinski definition) is 3. The maximum absolute atomic E-state index is 5.55. The monoisotopic (exact) mass is 220 g/mol. The van der Waals surface area contributed by atoms with Crippen molar-refractivity contribution in [2.75, 3.05) is 6.61 Å². The van der Waals surface area contributed by atoms with Crippen LogP contribution in [-0.2, 0) is 6.54 Å². The van der Waals surface area contributed by atoms with Gasteiger partial charge in [0, 0.05) is 30.0 Å². The fourth-order valence-corrected chi connectivity index (χ4v) is 1.20. The Bertz CT molecular complexity index is 342. The van der Waals surface area contributed by atoms with E-state index in [0.29, 0.717) is 6.61 Å². The summed E-state index contributed by atoms with van der Waals surface area (Å²) in [7, 11) is 0. The number of rotatable bonds is 5. The summed E-state index contributed by atoms with van der Waals surface area (Å²) < 4.78 is 5.55. The van der Waals surface area contributed by atoms with Crippen LogP contribution in [0.15, 0.2) is 31.1 Å². The molecule has 0 unspecified atom stereocenters. The molecule has 1 rings (SSSR count). The van der Waals surface area contributed by atoms with E-state index in [1.54, 1.807) is 12.3 Å². The van der Waals surface area contributed by atoms with Gasteiger partial charge >= 0.3 is 0 Å². The minimum atomic E-state index is 0.0888. The van der Waals surface area contributed by atoms with Crippen molar-refractivity contribution in [2.24, 2.45) is 0 Å². The molecule has 0 aliphatic carbocycles. The summed E-state index contributed by atoms with van der Waals surface area (Å²) >= 11 is 0. The first-order valence-electron chi connectivity index (χ1n) is 5.44. The van der Waals surface area contributed by atoms with Gasteiger partial charge in [-0.3, -0.25) is 4.98 Å². The Balaban J connectivity index is 2.67. The molecule has 0 atom stereocenters. The van der Waals surface area contributed by atoms with Gasteiger partial charge in [-0.2, -0.15) is 0 Å². The fourth-order valence-electron chi connectivity index (χ4n) is 1.20. The molecule has 0 radical (unpaired) electrons. The lowest BCUT2D eigenvalue weighted by atomic mass is 10.1. The summed E-state index contributed by atoms with van der Waals surface area (Å²) in [5, 5.41) is 3.41. The van der Waals surface area contributed by atoms with E-state index in [2.05, 4.69) is 37.7 Å². The summed E-state index contributed by atoms with van der Waals surface area (Å²) in [6, 6.07) is 1.88. The smallest absolute Gasteiger partial charge is 0.127 e. The number of hydrogen-bond donors (Lipinski definition) is 1. The van der Waals surface area contributed by atoms with Crippen LogP contribution in [0.3, 0.4) is 0 Å². The Morgan fingerprint density at radius 3 is 2.88 bits per heavy atom. The van der Waals surface area contributed by atoms with Crippen molar-refractivity contribution < 1.29 is 4.74 Å². The van der Waals surface area contributed by atoms with Gasteiger partial charge in [0.2, 0.25) is 0 Å². The van der Waals surface area contributed by atoms with Crippen LogP contribution in [0.4, 0.5) is 0 Å². The van der Waals surface area contributed by atoms with Crippen molar-refractivity contribution in [3.63, 3.8) is 0 Å². The van der Waals surface area contributed by atoms with Crippen molar-refractivity contribution in [3.05, 3.63) is 36.7 Å². The third-order valence-corrected chi connectivity index (χ3v) is 2.02. The summed E-state index contributed by atoms with van der Waals surface area (Å²) in [4.78, 5) is 4.11. The molecule has 1 aromatic rings. The Labute approximate surface area is 97.5 Å². The van der Waals surface area contributed by atoms with Crippen LogP contribution < -0.4 is 10.1 Å². The molecule has 1 N–H and O–H groups in total. The molecule has 0 amide bonds. The van der Waals surface area contributed by atoms with Gasteiger partial charge in [0.05, 0.1) is 0 Å². The highest BCUT2D eigenvalue weighted by atomic mass is 16.5. The number of nitrogens with one attached hydrogen (secondary N) is 1. The molecule has 0 saturated carbocycles. The summed E-state index contributed by atoms with van der Waals surface area (Å²) in [6.07, 6.45) is 5.30. The van der Waals surface area contributed by atoms with Crippen LogP contribution in [0, 0.1) is 0 Å². The Morgan fingerprint density at radius 1 is 1.50 bits per heavy atom. The maximum Gasteiger partial charge on any atom is 0.127 e. The molecule has 3 nitrogen and oxygen atoms in total. The van der Waals surface area contributed by atoms with E-state index < -0.39 is 0 Å². The standard InChI is InChI=1S/C13H20N2O/c1-5-8-16-12-6-7-14-9-11(12)10-15-13(2,3)4/h5-7,9,15H,1,8,10H2,2-4H3. The second-order valence-corrected chi connectivity index (χ2v) is 4.69. The van der Waals surface area contributed by atoms with Crippen LogP contribution in [0.1, 0.15) is 26.3 Å². The van der Waals surface area contributed by atoms with Crippen molar-refractivity contribution in [1.29, 1.82) is 0 Å². The van der Waals surface area contributed by atoms with E-state index >= 15 is 0 Å². The minimum Gasteiger partial charge on any atom is -0.489 e. The summed E-state index contributed by atoms with van der Waals surface area (Å²) in [5.41, 5.74) is 1.16. The molecule has 0 saturated heterocycles. The molecule has 0 spiro atoms. The van der Waals surface area contributed by atoms with E-state index in [-0.39, 0.29) is 5.54 Å². The first-order chi connectivity index (χ1) is 7.53. The van der Waals surface area contributed by atoms with Crippen LogP contribution in [0.5, 0.6) is 5.75 Å². The third kappa shape index (κ3) is 4.45. The molecule has 16 heavy (non-hydrogen) atoms. The highest BCUT2D eigenvalue weighted by Crippen LogP contribution is 2.17. The zero-order chi connectivity index (χ0) is 12.0. The maximum atomic E-state index is 5.55. The predicted octanol–water partition coefficient (Wildman–Crippen LogP) is 2.53. The lowest BCUT2D eigenvalue weighted by molar-refractivity contribution is 0.352. The van der Waals surface area contributed by atoms with Gasteiger partial charge in [0.25, 0.3) is 0 Å². The largest absolute Gasteiger partial charge is 0.489 e. The lowest BCUT2D eigenvalue weighted by Gasteiger charge is -2.21. The summed E-state index contributed by atoms with van der Waals surface area (Å²) in [6.45, 7) is 11.3. The third-order valence-electron chi connectivity index (χ3n) is 2.02.